The van der Waals surface area contributed by atoms with Crippen LogP contribution in [0.4, 0.5) is 5.69 Å². The largest absolute Gasteiger partial charge is 0.477 e. The molecule has 1 N–H and O–H groups in total. The van der Waals surface area contributed by atoms with Gasteiger partial charge < -0.3 is 19.5 Å². The van der Waals surface area contributed by atoms with Crippen molar-refractivity contribution >= 4 is 28.9 Å². The van der Waals surface area contributed by atoms with Gasteiger partial charge in [-0.2, -0.15) is 0 Å². The Balaban J connectivity index is 1.62. The van der Waals surface area contributed by atoms with Gasteiger partial charge in [-0.05, 0) is 84.1 Å². The number of carbonyl (C=O) groups is 2. The predicted octanol–water partition coefficient (Wildman–Crippen LogP) is 6.65. The van der Waals surface area contributed by atoms with E-state index in [1.165, 1.54) is 11.3 Å². The van der Waals surface area contributed by atoms with Crippen LogP contribution in [0.15, 0.2) is 6.07 Å². The topological polar surface area (TPSA) is 76.1 Å². The lowest BCUT2D eigenvalue weighted by atomic mass is 9.66. The highest BCUT2D eigenvalue weighted by molar-refractivity contribution is 7.15. The van der Waals surface area contributed by atoms with Crippen LogP contribution < -0.4 is 4.90 Å². The average molecular weight is 530 g/mol. The third kappa shape index (κ3) is 6.77. The highest BCUT2D eigenvalue weighted by atomic mass is 32.1. The molecule has 204 valence electrons. The maximum atomic E-state index is 13.4. The van der Waals surface area contributed by atoms with Crippen LogP contribution in [0, 0.1) is 23.2 Å². The highest BCUT2D eigenvalue weighted by Gasteiger charge is 2.48. The lowest BCUT2D eigenvalue weighted by Crippen LogP contribution is -2.58. The number of ether oxygens (including phenoxy) is 2. The minimum atomic E-state index is -0.991. The Morgan fingerprint density at radius 1 is 1.05 bits per heavy atom. The number of hydrogen-bond donors (Lipinski definition) is 1. The molecule has 1 aliphatic heterocycles. The molecule has 2 heterocycles. The van der Waals surface area contributed by atoms with Gasteiger partial charge in [-0.25, -0.2) is 4.79 Å². The number of nitrogens with zero attached hydrogens (tertiary/aromatic N) is 1. The standard InChI is InChI=1S/C30H43NO5S/c1-21(32)31(26-20-25(12-17-29(2,3)4)37-27(26)28(33)34)30(15-6-5-7-16-30)22-8-10-23(11-9-22)36-24-13-18-35-19-14-24/h20,22-24H,5-11,13-16,18-19H2,1-4H3,(H,33,34). The van der Waals surface area contributed by atoms with Crippen molar-refractivity contribution in [1.29, 1.82) is 0 Å². The smallest absolute Gasteiger partial charge is 0.348 e. The second-order valence-electron chi connectivity index (χ2n) is 12.1. The van der Waals surface area contributed by atoms with E-state index in [1.807, 2.05) is 31.7 Å². The van der Waals surface area contributed by atoms with E-state index in [0.717, 1.165) is 83.8 Å². The van der Waals surface area contributed by atoms with Crippen LogP contribution in [0.25, 0.3) is 0 Å². The van der Waals surface area contributed by atoms with Crippen molar-refractivity contribution in [3.63, 3.8) is 0 Å². The molecule has 3 fully saturated rings. The molecule has 1 aromatic heterocycles. The number of rotatable bonds is 6. The third-order valence-corrected chi connectivity index (χ3v) is 9.20. The van der Waals surface area contributed by atoms with Crippen molar-refractivity contribution in [1.82, 2.24) is 0 Å². The zero-order chi connectivity index (χ0) is 26.6. The lowest BCUT2D eigenvalue weighted by Gasteiger charge is -2.52. The Morgan fingerprint density at radius 2 is 1.68 bits per heavy atom. The van der Waals surface area contributed by atoms with Crippen molar-refractivity contribution in [2.45, 2.75) is 116 Å². The molecule has 0 radical (unpaired) electrons. The Bertz CT molecular complexity index is 1010. The number of hydrogen-bond acceptors (Lipinski definition) is 5. The van der Waals surface area contributed by atoms with E-state index in [4.69, 9.17) is 9.47 Å². The van der Waals surface area contributed by atoms with E-state index in [-0.39, 0.29) is 27.8 Å². The van der Waals surface area contributed by atoms with Gasteiger partial charge >= 0.3 is 5.97 Å². The summed E-state index contributed by atoms with van der Waals surface area (Å²) in [6.07, 6.45) is 11.6. The van der Waals surface area contributed by atoms with Gasteiger partial charge in [0.1, 0.15) is 4.88 Å². The summed E-state index contributed by atoms with van der Waals surface area (Å²) in [6, 6.07) is 1.85. The molecule has 3 aliphatic rings. The zero-order valence-electron chi connectivity index (χ0n) is 22.9. The first-order valence-electron chi connectivity index (χ1n) is 14.0. The molecule has 0 bridgehead atoms. The number of aromatic carboxylic acids is 1. The molecule has 2 aliphatic carbocycles. The predicted molar refractivity (Wildman–Crippen MR) is 147 cm³/mol. The van der Waals surface area contributed by atoms with E-state index in [9.17, 15) is 14.7 Å². The third-order valence-electron chi connectivity index (χ3n) is 8.18. The van der Waals surface area contributed by atoms with Crippen LogP contribution in [0.3, 0.4) is 0 Å². The highest BCUT2D eigenvalue weighted by Crippen LogP contribution is 2.49. The Kier molecular flexibility index (Phi) is 9.04. The molecule has 0 atom stereocenters. The van der Waals surface area contributed by atoms with Gasteiger partial charge in [-0.1, -0.05) is 31.1 Å². The number of carboxylic acid groups (broad SMARTS) is 1. The van der Waals surface area contributed by atoms with E-state index in [1.54, 1.807) is 6.92 Å². The molecule has 4 rings (SSSR count). The van der Waals surface area contributed by atoms with Crippen LogP contribution in [0.2, 0.25) is 0 Å². The molecule has 7 heteroatoms. The second-order valence-corrected chi connectivity index (χ2v) is 13.1. The summed E-state index contributed by atoms with van der Waals surface area (Å²) >= 11 is 1.19. The van der Waals surface area contributed by atoms with Gasteiger partial charge in [-0.15, -0.1) is 11.3 Å². The average Bonchev–Trinajstić information content (AvgIpc) is 3.28. The van der Waals surface area contributed by atoms with Crippen molar-refractivity contribution in [2.24, 2.45) is 11.3 Å². The number of amides is 1. The van der Waals surface area contributed by atoms with Crippen molar-refractivity contribution in [2.75, 3.05) is 18.1 Å². The monoisotopic (exact) mass is 529 g/mol. The van der Waals surface area contributed by atoms with Gasteiger partial charge in [0.25, 0.3) is 0 Å². The van der Waals surface area contributed by atoms with E-state index in [0.29, 0.717) is 22.6 Å². The summed E-state index contributed by atoms with van der Waals surface area (Å²) in [4.78, 5) is 28.5. The first kappa shape index (κ1) is 28.1. The Morgan fingerprint density at radius 3 is 2.24 bits per heavy atom. The van der Waals surface area contributed by atoms with Gasteiger partial charge in [0.15, 0.2) is 0 Å². The molecule has 1 amide bonds. The van der Waals surface area contributed by atoms with Crippen LogP contribution in [-0.4, -0.2) is 47.9 Å². The van der Waals surface area contributed by atoms with Crippen molar-refractivity contribution in [3.05, 3.63) is 15.8 Å². The molecule has 37 heavy (non-hydrogen) atoms. The maximum Gasteiger partial charge on any atom is 0.348 e. The van der Waals surface area contributed by atoms with Gasteiger partial charge in [-0.3, -0.25) is 4.79 Å². The summed E-state index contributed by atoms with van der Waals surface area (Å²) in [7, 11) is 0. The van der Waals surface area contributed by atoms with E-state index < -0.39 is 5.97 Å². The minimum Gasteiger partial charge on any atom is -0.477 e. The number of anilines is 1. The first-order chi connectivity index (χ1) is 17.6. The summed E-state index contributed by atoms with van der Waals surface area (Å²) in [6.45, 7) is 9.27. The van der Waals surface area contributed by atoms with Crippen LogP contribution in [0.1, 0.15) is 113 Å². The van der Waals surface area contributed by atoms with E-state index in [2.05, 4.69) is 11.8 Å². The second kappa shape index (κ2) is 11.9. The quantitative estimate of drug-likeness (QED) is 0.417. The Hall–Kier alpha value is -1.88. The minimum absolute atomic E-state index is 0.0712. The SMILES string of the molecule is CC(=O)N(c1cc(C#CC(C)(C)C)sc1C(=O)O)C1(C2CCC(OC3CCOCC3)CC2)CCCCC1. The lowest BCUT2D eigenvalue weighted by molar-refractivity contribution is -0.119. The van der Waals surface area contributed by atoms with Crippen LogP contribution in [-0.2, 0) is 14.3 Å². The number of carbonyl (C=O) groups excluding carboxylic acids is 1. The molecule has 1 aromatic rings. The van der Waals surface area contributed by atoms with Crippen molar-refractivity contribution < 1.29 is 24.2 Å². The molecule has 6 nitrogen and oxygen atoms in total. The maximum absolute atomic E-state index is 13.4. The first-order valence-corrected chi connectivity index (χ1v) is 14.8. The zero-order valence-corrected chi connectivity index (χ0v) is 23.8. The van der Waals surface area contributed by atoms with Gasteiger partial charge in [0.2, 0.25) is 5.91 Å². The summed E-state index contributed by atoms with van der Waals surface area (Å²) in [5.41, 5.74) is -0.0111. The van der Waals surface area contributed by atoms with Crippen molar-refractivity contribution in [3.8, 4) is 11.8 Å². The molecular formula is C30H43NO5S. The number of thiophene rings is 1. The molecular weight excluding hydrogens is 486 g/mol. The molecule has 2 saturated carbocycles. The van der Waals surface area contributed by atoms with E-state index >= 15 is 0 Å². The van der Waals surface area contributed by atoms with Crippen LogP contribution in [0.5, 0.6) is 0 Å². The molecule has 0 spiro atoms. The molecule has 0 aromatic carbocycles. The summed E-state index contributed by atoms with van der Waals surface area (Å²) in [5, 5.41) is 10.1. The molecule has 0 unspecified atom stereocenters. The summed E-state index contributed by atoms with van der Waals surface area (Å²) < 4.78 is 11.9. The van der Waals surface area contributed by atoms with Gasteiger partial charge in [0, 0.05) is 25.6 Å². The molecule has 1 saturated heterocycles. The normalized spacial score (nSPS) is 24.6. The fraction of sp³-hybridized carbons (Fsp3) is 0.733. The number of carboxylic acids is 1. The fourth-order valence-corrected chi connectivity index (χ4v) is 7.37. The fourth-order valence-electron chi connectivity index (χ4n) is 6.53. The summed E-state index contributed by atoms with van der Waals surface area (Å²) in [5.74, 6) is 5.66. The van der Waals surface area contributed by atoms with Crippen LogP contribution >= 0.6 is 11.3 Å². The van der Waals surface area contributed by atoms with Gasteiger partial charge in [0.05, 0.1) is 28.3 Å². The Labute approximate surface area is 226 Å².